The lowest BCUT2D eigenvalue weighted by Gasteiger charge is -2.29. The lowest BCUT2D eigenvalue weighted by molar-refractivity contribution is -0.153. The third-order valence-corrected chi connectivity index (χ3v) is 3.16. The van der Waals surface area contributed by atoms with Crippen molar-refractivity contribution in [2.75, 3.05) is 33.4 Å². The summed E-state index contributed by atoms with van der Waals surface area (Å²) in [5.74, 6) is 0.120. The average molecular weight is 199 g/mol. The summed E-state index contributed by atoms with van der Waals surface area (Å²) in [6.07, 6.45) is 2.93. The molecule has 0 aromatic heterocycles. The molecule has 4 nitrogen and oxygen atoms in total. The van der Waals surface area contributed by atoms with E-state index in [1.54, 1.807) is 7.11 Å². The van der Waals surface area contributed by atoms with Gasteiger partial charge in [0.2, 0.25) is 0 Å². The zero-order valence-electron chi connectivity index (χ0n) is 8.62. The van der Waals surface area contributed by atoms with Crippen LogP contribution in [0.2, 0.25) is 0 Å². The van der Waals surface area contributed by atoms with Gasteiger partial charge in [0.1, 0.15) is 0 Å². The second kappa shape index (κ2) is 3.87. The predicted molar refractivity (Wildman–Crippen MR) is 51.0 cm³/mol. The Kier molecular flexibility index (Phi) is 2.74. The first-order chi connectivity index (χ1) is 6.78. The summed E-state index contributed by atoms with van der Waals surface area (Å²) in [5, 5.41) is 0. The number of ether oxygens (including phenoxy) is 2. The Bertz CT molecular complexity index is 217. The third kappa shape index (κ3) is 1.53. The second-order valence-corrected chi connectivity index (χ2v) is 4.00. The first-order valence-corrected chi connectivity index (χ1v) is 5.21. The smallest absolute Gasteiger partial charge is 0.257 e. The number of likely N-dealkylation sites (tertiary alicyclic amines) is 1. The fourth-order valence-corrected chi connectivity index (χ4v) is 2.17. The van der Waals surface area contributed by atoms with E-state index in [-0.39, 0.29) is 5.91 Å². The molecule has 0 aromatic rings. The van der Waals surface area contributed by atoms with Crippen LogP contribution < -0.4 is 0 Å². The van der Waals surface area contributed by atoms with E-state index in [9.17, 15) is 4.79 Å². The third-order valence-electron chi connectivity index (χ3n) is 3.16. The molecule has 0 N–H and O–H groups in total. The molecule has 0 spiro atoms. The Morgan fingerprint density at radius 3 is 2.64 bits per heavy atom. The van der Waals surface area contributed by atoms with Gasteiger partial charge in [-0.3, -0.25) is 4.79 Å². The molecule has 2 heterocycles. The molecule has 0 saturated carbocycles. The van der Waals surface area contributed by atoms with Crippen LogP contribution in [0.1, 0.15) is 19.3 Å². The molecule has 14 heavy (non-hydrogen) atoms. The van der Waals surface area contributed by atoms with E-state index in [0.29, 0.717) is 19.6 Å². The Morgan fingerprint density at radius 2 is 2.14 bits per heavy atom. The monoisotopic (exact) mass is 199 g/mol. The topological polar surface area (TPSA) is 38.8 Å². The Balaban J connectivity index is 2.06. The lowest BCUT2D eigenvalue weighted by atomic mass is 10.0. The van der Waals surface area contributed by atoms with Crippen molar-refractivity contribution in [3.8, 4) is 0 Å². The predicted octanol–water partition coefficient (Wildman–Crippen LogP) is 0.414. The highest BCUT2D eigenvalue weighted by atomic mass is 16.6. The van der Waals surface area contributed by atoms with Gasteiger partial charge in [0.15, 0.2) is 5.60 Å². The van der Waals surface area contributed by atoms with Crippen LogP contribution in [0.5, 0.6) is 0 Å². The number of carbonyl (C=O) groups is 1. The van der Waals surface area contributed by atoms with E-state index in [2.05, 4.69) is 0 Å². The van der Waals surface area contributed by atoms with Crippen molar-refractivity contribution < 1.29 is 14.3 Å². The van der Waals surface area contributed by atoms with E-state index in [1.807, 2.05) is 4.90 Å². The highest BCUT2D eigenvalue weighted by Crippen LogP contribution is 2.26. The molecule has 4 heteroatoms. The van der Waals surface area contributed by atoms with Crippen molar-refractivity contribution in [2.45, 2.75) is 24.9 Å². The van der Waals surface area contributed by atoms with Crippen LogP contribution in [-0.2, 0) is 14.3 Å². The van der Waals surface area contributed by atoms with Gasteiger partial charge in [-0.05, 0) is 12.8 Å². The number of hydrogen-bond acceptors (Lipinski definition) is 3. The van der Waals surface area contributed by atoms with Crippen molar-refractivity contribution in [3.05, 3.63) is 0 Å². The second-order valence-electron chi connectivity index (χ2n) is 4.00. The number of hydrogen-bond donors (Lipinski definition) is 0. The van der Waals surface area contributed by atoms with Crippen LogP contribution in [-0.4, -0.2) is 49.8 Å². The number of rotatable bonds is 2. The molecule has 2 fully saturated rings. The van der Waals surface area contributed by atoms with Crippen molar-refractivity contribution in [1.82, 2.24) is 4.90 Å². The van der Waals surface area contributed by atoms with E-state index < -0.39 is 5.60 Å². The highest BCUT2D eigenvalue weighted by molar-refractivity contribution is 5.86. The quantitative estimate of drug-likeness (QED) is 0.646. The van der Waals surface area contributed by atoms with Crippen LogP contribution in [0, 0.1) is 0 Å². The molecule has 0 radical (unpaired) electrons. The van der Waals surface area contributed by atoms with Crippen LogP contribution >= 0.6 is 0 Å². The molecule has 1 unspecified atom stereocenters. The molecule has 2 aliphatic heterocycles. The van der Waals surface area contributed by atoms with Crippen LogP contribution in [0.3, 0.4) is 0 Å². The summed E-state index contributed by atoms with van der Waals surface area (Å²) >= 11 is 0. The standard InChI is InChI=1S/C10H17NO3/c1-13-10(4-7-14-8-10)9(12)11-5-2-3-6-11/h2-8H2,1H3. The molecule has 2 saturated heterocycles. The molecule has 1 atom stereocenters. The maximum absolute atomic E-state index is 12.1. The molecule has 2 rings (SSSR count). The SMILES string of the molecule is COC1(C(=O)N2CCCC2)CCOC1. The first-order valence-electron chi connectivity index (χ1n) is 5.21. The van der Waals surface area contributed by atoms with Gasteiger partial charge in [-0.25, -0.2) is 0 Å². The van der Waals surface area contributed by atoms with Gasteiger partial charge < -0.3 is 14.4 Å². The number of amides is 1. The number of carbonyl (C=O) groups excluding carboxylic acids is 1. The molecule has 2 aliphatic rings. The normalized spacial score (nSPS) is 32.5. The van der Waals surface area contributed by atoms with Crippen molar-refractivity contribution in [3.63, 3.8) is 0 Å². The van der Waals surface area contributed by atoms with Gasteiger partial charge in [-0.1, -0.05) is 0 Å². The minimum absolute atomic E-state index is 0.120. The van der Waals surface area contributed by atoms with Gasteiger partial charge in [-0.2, -0.15) is 0 Å². The van der Waals surface area contributed by atoms with Crippen molar-refractivity contribution in [1.29, 1.82) is 0 Å². The van der Waals surface area contributed by atoms with E-state index in [4.69, 9.17) is 9.47 Å². The molecular formula is C10H17NO3. The van der Waals surface area contributed by atoms with Crippen molar-refractivity contribution in [2.24, 2.45) is 0 Å². The maximum atomic E-state index is 12.1. The van der Waals surface area contributed by atoms with Gasteiger partial charge in [-0.15, -0.1) is 0 Å². The summed E-state index contributed by atoms with van der Waals surface area (Å²) in [6, 6.07) is 0. The Morgan fingerprint density at radius 1 is 1.43 bits per heavy atom. The summed E-state index contributed by atoms with van der Waals surface area (Å²) in [4.78, 5) is 14.0. The maximum Gasteiger partial charge on any atom is 0.257 e. The molecule has 1 amide bonds. The van der Waals surface area contributed by atoms with Crippen LogP contribution in [0.4, 0.5) is 0 Å². The van der Waals surface area contributed by atoms with E-state index >= 15 is 0 Å². The summed E-state index contributed by atoms with van der Waals surface area (Å²) in [6.45, 7) is 2.81. The Hall–Kier alpha value is -0.610. The Labute approximate surface area is 84.2 Å². The van der Waals surface area contributed by atoms with Gasteiger partial charge >= 0.3 is 0 Å². The minimum atomic E-state index is -0.676. The molecular weight excluding hydrogens is 182 g/mol. The molecule has 0 bridgehead atoms. The molecule has 0 aliphatic carbocycles. The van der Waals surface area contributed by atoms with E-state index in [0.717, 1.165) is 25.9 Å². The molecule has 0 aromatic carbocycles. The fourth-order valence-electron chi connectivity index (χ4n) is 2.17. The minimum Gasteiger partial charge on any atom is -0.378 e. The largest absolute Gasteiger partial charge is 0.378 e. The van der Waals surface area contributed by atoms with Gasteiger partial charge in [0.25, 0.3) is 5.91 Å². The average Bonchev–Trinajstić information content (AvgIpc) is 2.89. The van der Waals surface area contributed by atoms with Crippen molar-refractivity contribution >= 4 is 5.91 Å². The van der Waals surface area contributed by atoms with E-state index in [1.165, 1.54) is 0 Å². The van der Waals surface area contributed by atoms with Gasteiger partial charge in [0.05, 0.1) is 13.2 Å². The number of methoxy groups -OCH3 is 1. The van der Waals surface area contributed by atoms with Crippen LogP contribution in [0.25, 0.3) is 0 Å². The highest BCUT2D eigenvalue weighted by Gasteiger charge is 2.45. The first kappa shape index (κ1) is 9.93. The molecule has 80 valence electrons. The summed E-state index contributed by atoms with van der Waals surface area (Å²) < 4.78 is 10.6. The lowest BCUT2D eigenvalue weighted by Crippen LogP contribution is -2.49. The van der Waals surface area contributed by atoms with Crippen LogP contribution in [0.15, 0.2) is 0 Å². The number of nitrogens with zero attached hydrogens (tertiary/aromatic N) is 1. The zero-order valence-corrected chi connectivity index (χ0v) is 8.62. The summed E-state index contributed by atoms with van der Waals surface area (Å²) in [7, 11) is 1.60. The zero-order chi connectivity index (χ0) is 10.0. The summed E-state index contributed by atoms with van der Waals surface area (Å²) in [5.41, 5.74) is -0.676. The fraction of sp³-hybridized carbons (Fsp3) is 0.900. The van der Waals surface area contributed by atoms with Gasteiger partial charge in [0, 0.05) is 26.6 Å².